The first-order valence-electron chi connectivity index (χ1n) is 7.72. The molecular weight excluding hydrogens is 330 g/mol. The van der Waals surface area contributed by atoms with Crippen molar-refractivity contribution in [1.82, 2.24) is 9.47 Å². The van der Waals surface area contributed by atoms with E-state index < -0.39 is 11.8 Å². The maximum atomic E-state index is 12.3. The van der Waals surface area contributed by atoms with Crippen LogP contribution in [0, 0.1) is 5.92 Å². The fourth-order valence-electron chi connectivity index (χ4n) is 2.80. The van der Waals surface area contributed by atoms with Crippen molar-refractivity contribution in [2.45, 2.75) is 6.42 Å². The molecule has 24 heavy (non-hydrogen) atoms. The van der Waals surface area contributed by atoms with Gasteiger partial charge in [-0.1, -0.05) is 11.6 Å². The van der Waals surface area contributed by atoms with Crippen LogP contribution in [0.5, 0.6) is 0 Å². The highest BCUT2D eigenvalue weighted by molar-refractivity contribution is 6.40. The summed E-state index contributed by atoms with van der Waals surface area (Å²) in [6, 6.07) is 8.77. The number of nitrogens with one attached hydrogen (secondary N) is 1. The van der Waals surface area contributed by atoms with Crippen molar-refractivity contribution in [3.63, 3.8) is 0 Å². The number of halogens is 1. The van der Waals surface area contributed by atoms with Gasteiger partial charge in [0.25, 0.3) is 0 Å². The summed E-state index contributed by atoms with van der Waals surface area (Å²) in [7, 11) is 0. The van der Waals surface area contributed by atoms with Crippen LogP contribution in [0.2, 0.25) is 5.02 Å². The number of anilines is 1. The van der Waals surface area contributed by atoms with E-state index in [9.17, 15) is 9.59 Å². The van der Waals surface area contributed by atoms with Crippen molar-refractivity contribution in [3.05, 3.63) is 47.7 Å². The van der Waals surface area contributed by atoms with Crippen molar-refractivity contribution in [2.75, 3.05) is 25.0 Å². The molecule has 0 saturated carbocycles. The molecule has 0 radical (unpaired) electrons. The summed E-state index contributed by atoms with van der Waals surface area (Å²) >= 11 is 6.04. The van der Waals surface area contributed by atoms with Crippen molar-refractivity contribution in [3.8, 4) is 5.69 Å². The summed E-state index contributed by atoms with van der Waals surface area (Å²) in [5.74, 6) is -1.23. The summed E-state index contributed by atoms with van der Waals surface area (Å²) in [6.07, 6.45) is 4.37. The lowest BCUT2D eigenvalue weighted by molar-refractivity contribution is -0.142. The Morgan fingerprint density at radius 3 is 2.71 bits per heavy atom. The summed E-state index contributed by atoms with van der Waals surface area (Å²) in [6.45, 7) is 0.927. The molecule has 1 unspecified atom stereocenters. The van der Waals surface area contributed by atoms with E-state index in [0.717, 1.165) is 0 Å². The van der Waals surface area contributed by atoms with Gasteiger partial charge >= 0.3 is 11.8 Å². The number of amides is 2. The molecular formula is C17H18ClN3O3. The minimum absolute atomic E-state index is 0.0281. The van der Waals surface area contributed by atoms with Crippen molar-refractivity contribution in [2.24, 2.45) is 5.92 Å². The van der Waals surface area contributed by atoms with Gasteiger partial charge in [-0.15, -0.1) is 0 Å². The van der Waals surface area contributed by atoms with Crippen LogP contribution in [0.1, 0.15) is 6.42 Å². The number of hydrogen-bond acceptors (Lipinski definition) is 3. The molecule has 3 rings (SSSR count). The number of carbonyl (C=O) groups is 2. The number of aliphatic hydroxyl groups excluding tert-OH is 1. The summed E-state index contributed by atoms with van der Waals surface area (Å²) in [5.41, 5.74) is 1.19. The molecule has 2 amide bonds. The zero-order chi connectivity index (χ0) is 17.1. The van der Waals surface area contributed by atoms with Crippen LogP contribution < -0.4 is 5.32 Å². The molecule has 1 fully saturated rings. The second-order valence-corrected chi connectivity index (χ2v) is 6.23. The van der Waals surface area contributed by atoms with Gasteiger partial charge in [0, 0.05) is 43.0 Å². The number of nitrogens with zero attached hydrogens (tertiary/aromatic N) is 2. The quantitative estimate of drug-likeness (QED) is 0.833. The Morgan fingerprint density at radius 1 is 1.29 bits per heavy atom. The second-order valence-electron chi connectivity index (χ2n) is 5.79. The van der Waals surface area contributed by atoms with Crippen LogP contribution in [-0.4, -0.2) is 46.1 Å². The molecule has 2 N–H and O–H groups in total. The average molecular weight is 348 g/mol. The average Bonchev–Trinajstić information content (AvgIpc) is 3.27. The van der Waals surface area contributed by atoms with E-state index in [1.807, 2.05) is 29.1 Å². The molecule has 0 aliphatic carbocycles. The first kappa shape index (κ1) is 16.5. The fourth-order valence-corrected chi connectivity index (χ4v) is 2.97. The van der Waals surface area contributed by atoms with Gasteiger partial charge in [0.15, 0.2) is 0 Å². The topological polar surface area (TPSA) is 74.6 Å². The third kappa shape index (κ3) is 3.44. The molecule has 126 valence electrons. The van der Waals surface area contributed by atoms with E-state index in [1.165, 1.54) is 4.90 Å². The lowest BCUT2D eigenvalue weighted by Gasteiger charge is -2.17. The first-order chi connectivity index (χ1) is 11.6. The monoisotopic (exact) mass is 347 g/mol. The zero-order valence-corrected chi connectivity index (χ0v) is 13.7. The SMILES string of the molecule is O=C(Nc1ccc(Cl)cc1-n1cccc1)C(=O)N1CCC(CO)C1. The zero-order valence-electron chi connectivity index (χ0n) is 13.0. The van der Waals surface area contributed by atoms with Gasteiger partial charge in [-0.2, -0.15) is 0 Å². The van der Waals surface area contributed by atoms with E-state index in [4.69, 9.17) is 16.7 Å². The van der Waals surface area contributed by atoms with Gasteiger partial charge in [-0.05, 0) is 36.8 Å². The van der Waals surface area contributed by atoms with Crippen molar-refractivity contribution in [1.29, 1.82) is 0 Å². The summed E-state index contributed by atoms with van der Waals surface area (Å²) < 4.78 is 1.81. The van der Waals surface area contributed by atoms with Crippen LogP contribution >= 0.6 is 11.6 Å². The third-order valence-corrected chi connectivity index (χ3v) is 4.35. The normalized spacial score (nSPS) is 17.1. The lowest BCUT2D eigenvalue weighted by atomic mass is 10.1. The fraction of sp³-hybridized carbons (Fsp3) is 0.294. The highest BCUT2D eigenvalue weighted by atomic mass is 35.5. The van der Waals surface area contributed by atoms with E-state index in [0.29, 0.717) is 35.9 Å². The molecule has 1 aromatic heterocycles. The predicted octanol–water partition coefficient (Wildman–Crippen LogP) is 1.91. The maximum absolute atomic E-state index is 12.3. The lowest BCUT2D eigenvalue weighted by Crippen LogP contribution is -2.38. The molecule has 0 bridgehead atoms. The van der Waals surface area contributed by atoms with Gasteiger partial charge in [-0.3, -0.25) is 9.59 Å². The number of carbonyl (C=O) groups excluding carboxylic acids is 2. The smallest absolute Gasteiger partial charge is 0.313 e. The minimum Gasteiger partial charge on any atom is -0.396 e. The number of hydrogen-bond donors (Lipinski definition) is 2. The highest BCUT2D eigenvalue weighted by Gasteiger charge is 2.30. The standard InChI is InChI=1S/C17H18ClN3O3/c18-13-3-4-14(15(9-13)20-6-1-2-7-20)19-16(23)17(24)21-8-5-12(10-21)11-22/h1-4,6-7,9,12,22H,5,8,10-11H2,(H,19,23). The summed E-state index contributed by atoms with van der Waals surface area (Å²) in [5, 5.41) is 12.4. The highest BCUT2D eigenvalue weighted by Crippen LogP contribution is 2.25. The molecule has 6 nitrogen and oxygen atoms in total. The Kier molecular flexibility index (Phi) is 4.87. The largest absolute Gasteiger partial charge is 0.396 e. The van der Waals surface area contributed by atoms with E-state index in [2.05, 4.69) is 5.32 Å². The van der Waals surface area contributed by atoms with Crippen LogP contribution in [-0.2, 0) is 9.59 Å². The minimum atomic E-state index is -0.690. The number of aliphatic hydroxyl groups is 1. The van der Waals surface area contributed by atoms with E-state index in [-0.39, 0.29) is 12.5 Å². The van der Waals surface area contributed by atoms with Crippen molar-refractivity contribution < 1.29 is 14.7 Å². The van der Waals surface area contributed by atoms with Gasteiger partial charge in [0.1, 0.15) is 0 Å². The molecule has 2 heterocycles. The van der Waals surface area contributed by atoms with Gasteiger partial charge in [0.2, 0.25) is 0 Å². The van der Waals surface area contributed by atoms with E-state index in [1.54, 1.807) is 18.2 Å². The molecule has 7 heteroatoms. The molecule has 1 aliphatic rings. The van der Waals surface area contributed by atoms with Crippen LogP contribution in [0.25, 0.3) is 5.69 Å². The first-order valence-corrected chi connectivity index (χ1v) is 8.10. The van der Waals surface area contributed by atoms with Crippen LogP contribution in [0.15, 0.2) is 42.7 Å². The van der Waals surface area contributed by atoms with Crippen LogP contribution in [0.3, 0.4) is 0 Å². The maximum Gasteiger partial charge on any atom is 0.313 e. The van der Waals surface area contributed by atoms with E-state index >= 15 is 0 Å². The predicted molar refractivity (Wildman–Crippen MR) is 91.2 cm³/mol. The third-order valence-electron chi connectivity index (χ3n) is 4.12. The van der Waals surface area contributed by atoms with Crippen molar-refractivity contribution >= 4 is 29.1 Å². The molecule has 0 spiro atoms. The molecule has 1 aliphatic heterocycles. The molecule has 1 saturated heterocycles. The summed E-state index contributed by atoms with van der Waals surface area (Å²) in [4.78, 5) is 26.0. The number of likely N-dealkylation sites (tertiary alicyclic amines) is 1. The number of aromatic nitrogens is 1. The molecule has 1 atom stereocenters. The molecule has 1 aromatic carbocycles. The van der Waals surface area contributed by atoms with Gasteiger partial charge in [0.05, 0.1) is 11.4 Å². The Bertz CT molecular complexity index is 746. The number of rotatable bonds is 3. The van der Waals surface area contributed by atoms with Gasteiger partial charge in [-0.25, -0.2) is 0 Å². The molecule has 2 aromatic rings. The Labute approximate surface area is 144 Å². The van der Waals surface area contributed by atoms with Crippen LogP contribution in [0.4, 0.5) is 5.69 Å². The Hall–Kier alpha value is -2.31. The van der Waals surface area contributed by atoms with Gasteiger partial charge < -0.3 is 19.9 Å². The second kappa shape index (κ2) is 7.07. The number of benzene rings is 1. The Morgan fingerprint density at radius 2 is 2.04 bits per heavy atom. The Balaban J connectivity index is 1.76.